The normalized spacial score (nSPS) is 14.8. The van der Waals surface area contributed by atoms with Gasteiger partial charge in [-0.2, -0.15) is 0 Å². The van der Waals surface area contributed by atoms with Crippen LogP contribution in [0.5, 0.6) is 0 Å². The lowest BCUT2D eigenvalue weighted by atomic mass is 10.1. The monoisotopic (exact) mass is 320 g/mol. The molecule has 2 rings (SSSR count). The van der Waals surface area contributed by atoms with Crippen LogP contribution in [0.1, 0.15) is 36.5 Å². The van der Waals surface area contributed by atoms with E-state index in [0.717, 1.165) is 19.3 Å². The van der Waals surface area contributed by atoms with E-state index in [-0.39, 0.29) is 5.91 Å². The molecule has 1 aliphatic heterocycles. The lowest BCUT2D eigenvalue weighted by molar-refractivity contribution is -0.131. The zero-order valence-corrected chi connectivity index (χ0v) is 13.3. The molecular formula is C16H20N2O3S. The maximum Gasteiger partial charge on any atom is 0.257 e. The van der Waals surface area contributed by atoms with Crippen LogP contribution >= 0.6 is 12.2 Å². The maximum atomic E-state index is 11.9. The van der Waals surface area contributed by atoms with Gasteiger partial charge in [-0.15, -0.1) is 0 Å². The Morgan fingerprint density at radius 3 is 2.55 bits per heavy atom. The van der Waals surface area contributed by atoms with Gasteiger partial charge < -0.3 is 14.8 Å². The molecule has 0 radical (unpaired) electrons. The fourth-order valence-electron chi connectivity index (χ4n) is 2.07. The Morgan fingerprint density at radius 2 is 1.86 bits per heavy atom. The number of unbranched alkanes of at least 4 members (excludes halogenated alkanes) is 1. The van der Waals surface area contributed by atoms with Gasteiger partial charge in [-0.05, 0) is 37.2 Å². The van der Waals surface area contributed by atoms with Gasteiger partial charge in [0.05, 0.1) is 0 Å². The molecule has 0 atom stereocenters. The highest BCUT2D eigenvalue weighted by Gasteiger charge is 2.28. The van der Waals surface area contributed by atoms with Crippen LogP contribution < -0.4 is 10.6 Å². The van der Waals surface area contributed by atoms with Crippen LogP contribution in [-0.2, 0) is 9.47 Å². The lowest BCUT2D eigenvalue weighted by Gasteiger charge is -2.22. The summed E-state index contributed by atoms with van der Waals surface area (Å²) in [5.41, 5.74) is 0.586. The molecule has 0 aliphatic carbocycles. The van der Waals surface area contributed by atoms with E-state index < -0.39 is 5.79 Å². The van der Waals surface area contributed by atoms with Gasteiger partial charge in [0.1, 0.15) is 12.5 Å². The van der Waals surface area contributed by atoms with E-state index in [1.54, 1.807) is 24.7 Å². The second kappa shape index (κ2) is 7.79. The fraction of sp³-hybridized carbons (Fsp3) is 0.375. The van der Waals surface area contributed by atoms with Gasteiger partial charge in [-0.25, -0.2) is 0 Å². The number of carbonyl (C=O) groups is 1. The first-order valence-corrected chi connectivity index (χ1v) is 7.65. The maximum absolute atomic E-state index is 11.9. The zero-order chi connectivity index (χ0) is 15.8. The van der Waals surface area contributed by atoms with Crippen molar-refractivity contribution >= 4 is 23.2 Å². The number of thiocarbonyl (C=S) groups is 1. The Bertz CT molecular complexity index is 538. The van der Waals surface area contributed by atoms with E-state index in [9.17, 15) is 4.79 Å². The third kappa shape index (κ3) is 5.04. The van der Waals surface area contributed by atoms with Gasteiger partial charge in [0.25, 0.3) is 5.91 Å². The summed E-state index contributed by atoms with van der Waals surface area (Å²) in [6.45, 7) is 2.60. The largest absolute Gasteiger partial charge is 0.457 e. The summed E-state index contributed by atoms with van der Waals surface area (Å²) in [6.07, 6.45) is 5.76. The first-order chi connectivity index (χ1) is 10.6. The van der Waals surface area contributed by atoms with Gasteiger partial charge in [0.2, 0.25) is 5.79 Å². The van der Waals surface area contributed by atoms with Crippen molar-refractivity contribution in [2.75, 3.05) is 6.54 Å². The van der Waals surface area contributed by atoms with E-state index in [1.807, 2.05) is 25.1 Å². The summed E-state index contributed by atoms with van der Waals surface area (Å²) < 4.78 is 10.7. The molecule has 0 bridgehead atoms. The number of hydrogen-bond acceptors (Lipinski definition) is 4. The average molecular weight is 320 g/mol. The van der Waals surface area contributed by atoms with E-state index in [0.29, 0.717) is 17.2 Å². The number of nitrogens with one attached hydrogen (secondary N) is 2. The lowest BCUT2D eigenvalue weighted by Crippen LogP contribution is -2.39. The molecule has 118 valence electrons. The minimum atomic E-state index is -0.540. The Labute approximate surface area is 135 Å². The molecule has 1 aromatic rings. The number of ether oxygens (including phenoxy) is 2. The topological polar surface area (TPSA) is 59.6 Å². The van der Waals surface area contributed by atoms with Crippen LogP contribution in [0.2, 0.25) is 0 Å². The van der Waals surface area contributed by atoms with Crippen molar-refractivity contribution in [1.82, 2.24) is 10.6 Å². The van der Waals surface area contributed by atoms with Crippen molar-refractivity contribution in [2.24, 2.45) is 0 Å². The molecule has 1 aliphatic rings. The van der Waals surface area contributed by atoms with Crippen molar-refractivity contribution < 1.29 is 14.3 Å². The van der Waals surface area contributed by atoms with Gasteiger partial charge in [0.15, 0.2) is 5.11 Å². The third-order valence-corrected chi connectivity index (χ3v) is 3.54. The highest BCUT2D eigenvalue weighted by molar-refractivity contribution is 7.80. The summed E-state index contributed by atoms with van der Waals surface area (Å²) >= 11 is 5.11. The van der Waals surface area contributed by atoms with Gasteiger partial charge in [-0.3, -0.25) is 10.1 Å². The molecule has 0 saturated heterocycles. The predicted molar refractivity (Wildman–Crippen MR) is 88.1 cm³/mol. The standard InChI is InChI=1S/C16H20N2O3S/c1-16(20-11-12-21-16)9-5-6-10-17-15(22)18-14(19)13-7-3-2-4-8-13/h2-4,7-8,11-12H,5-6,9-10H2,1H3,(H2,17,18,19,22). The van der Waals surface area contributed by atoms with Crippen molar-refractivity contribution in [3.05, 3.63) is 48.4 Å². The molecule has 0 unspecified atom stereocenters. The minimum absolute atomic E-state index is 0.204. The van der Waals surface area contributed by atoms with E-state index in [4.69, 9.17) is 21.7 Å². The first kappa shape index (κ1) is 16.3. The van der Waals surface area contributed by atoms with Crippen LogP contribution in [0.25, 0.3) is 0 Å². The molecule has 0 fully saturated rings. The SMILES string of the molecule is CC1(CCCCNC(=S)NC(=O)c2ccccc2)OC=CO1. The second-order valence-corrected chi connectivity index (χ2v) is 5.58. The predicted octanol–water partition coefficient (Wildman–Crippen LogP) is 2.70. The van der Waals surface area contributed by atoms with E-state index in [2.05, 4.69) is 10.6 Å². The number of benzene rings is 1. The summed E-state index contributed by atoms with van der Waals surface area (Å²) in [6, 6.07) is 8.98. The molecule has 1 heterocycles. The fourth-order valence-corrected chi connectivity index (χ4v) is 2.27. The zero-order valence-electron chi connectivity index (χ0n) is 12.5. The van der Waals surface area contributed by atoms with Crippen molar-refractivity contribution in [2.45, 2.75) is 32.0 Å². The third-order valence-electron chi connectivity index (χ3n) is 3.30. The molecule has 5 nitrogen and oxygen atoms in total. The second-order valence-electron chi connectivity index (χ2n) is 5.17. The molecule has 2 N–H and O–H groups in total. The summed E-state index contributed by atoms with van der Waals surface area (Å²) in [5.74, 6) is -0.744. The summed E-state index contributed by atoms with van der Waals surface area (Å²) in [7, 11) is 0. The van der Waals surface area contributed by atoms with Crippen LogP contribution in [0.4, 0.5) is 0 Å². The number of amides is 1. The van der Waals surface area contributed by atoms with Crippen LogP contribution in [0.15, 0.2) is 42.9 Å². The quantitative estimate of drug-likeness (QED) is 0.623. The highest BCUT2D eigenvalue weighted by atomic mass is 32.1. The molecule has 0 aromatic heterocycles. The number of rotatable bonds is 6. The Kier molecular flexibility index (Phi) is 5.77. The van der Waals surface area contributed by atoms with Crippen LogP contribution in [0.3, 0.4) is 0 Å². The molecule has 0 saturated carbocycles. The van der Waals surface area contributed by atoms with Crippen molar-refractivity contribution in [3.63, 3.8) is 0 Å². The van der Waals surface area contributed by atoms with Gasteiger partial charge >= 0.3 is 0 Å². The van der Waals surface area contributed by atoms with Crippen molar-refractivity contribution in [1.29, 1.82) is 0 Å². The van der Waals surface area contributed by atoms with Crippen LogP contribution in [0, 0.1) is 0 Å². The summed E-state index contributed by atoms with van der Waals surface area (Å²) in [4.78, 5) is 11.9. The van der Waals surface area contributed by atoms with Crippen LogP contribution in [-0.4, -0.2) is 23.4 Å². The molecule has 6 heteroatoms. The Balaban J connectivity index is 1.59. The highest BCUT2D eigenvalue weighted by Crippen LogP contribution is 2.25. The molecule has 1 amide bonds. The molecule has 22 heavy (non-hydrogen) atoms. The minimum Gasteiger partial charge on any atom is -0.457 e. The molecule has 0 spiro atoms. The first-order valence-electron chi connectivity index (χ1n) is 7.24. The Morgan fingerprint density at radius 1 is 1.18 bits per heavy atom. The molecular weight excluding hydrogens is 300 g/mol. The summed E-state index contributed by atoms with van der Waals surface area (Å²) in [5, 5.41) is 6.02. The Hall–Kier alpha value is -2.08. The average Bonchev–Trinajstić information content (AvgIpc) is 2.94. The number of hydrogen-bond donors (Lipinski definition) is 2. The molecule has 1 aromatic carbocycles. The van der Waals surface area contributed by atoms with E-state index >= 15 is 0 Å². The van der Waals surface area contributed by atoms with Gasteiger partial charge in [-0.1, -0.05) is 18.2 Å². The smallest absolute Gasteiger partial charge is 0.257 e. The number of carbonyl (C=O) groups excluding carboxylic acids is 1. The van der Waals surface area contributed by atoms with E-state index in [1.165, 1.54) is 0 Å². The van der Waals surface area contributed by atoms with Crippen molar-refractivity contribution in [3.8, 4) is 0 Å². The van der Waals surface area contributed by atoms with Gasteiger partial charge in [0, 0.05) is 25.5 Å².